The van der Waals surface area contributed by atoms with Gasteiger partial charge in [-0.05, 0) is 37.1 Å². The summed E-state index contributed by atoms with van der Waals surface area (Å²) in [4.78, 5) is 11.8. The molecule has 0 saturated carbocycles. The van der Waals surface area contributed by atoms with E-state index in [4.69, 9.17) is 9.84 Å². The van der Waals surface area contributed by atoms with Gasteiger partial charge in [0.2, 0.25) is 5.91 Å². The number of carbonyl (C=O) groups is 1. The van der Waals surface area contributed by atoms with Crippen LogP contribution in [0.4, 0.5) is 0 Å². The molecule has 0 aliphatic carbocycles. The van der Waals surface area contributed by atoms with Crippen LogP contribution in [-0.4, -0.2) is 30.8 Å². The molecule has 1 aromatic carbocycles. The van der Waals surface area contributed by atoms with Gasteiger partial charge in [0.05, 0.1) is 7.11 Å². The van der Waals surface area contributed by atoms with Gasteiger partial charge in [-0.1, -0.05) is 22.9 Å². The van der Waals surface area contributed by atoms with Crippen LogP contribution in [0.25, 0.3) is 6.08 Å². The number of methoxy groups -OCH3 is 1. The third-order valence-electron chi connectivity index (χ3n) is 3.12. The smallest absolute Gasteiger partial charge is 0.244 e. The average Bonchev–Trinajstić information content (AvgIpc) is 2.44. The highest BCUT2D eigenvalue weighted by molar-refractivity contribution is 9.10. The largest absolute Gasteiger partial charge is 0.496 e. The van der Waals surface area contributed by atoms with Crippen molar-refractivity contribution in [3.8, 4) is 5.75 Å². The van der Waals surface area contributed by atoms with E-state index < -0.39 is 0 Å². The third-order valence-corrected chi connectivity index (χ3v) is 3.61. The zero-order chi connectivity index (χ0) is 15.1. The molecule has 2 atom stereocenters. The van der Waals surface area contributed by atoms with Gasteiger partial charge < -0.3 is 15.2 Å². The molecule has 0 aromatic heterocycles. The normalized spacial score (nSPS) is 14.1. The number of carbonyl (C=O) groups excluding carboxylic acids is 1. The van der Waals surface area contributed by atoms with Gasteiger partial charge >= 0.3 is 0 Å². The number of aliphatic hydroxyl groups is 1. The topological polar surface area (TPSA) is 58.6 Å². The minimum absolute atomic E-state index is 0.0211. The molecular formula is C15H20BrNO3. The van der Waals surface area contributed by atoms with Crippen LogP contribution >= 0.6 is 15.9 Å². The molecule has 2 N–H and O–H groups in total. The van der Waals surface area contributed by atoms with Crippen molar-refractivity contribution < 1.29 is 14.6 Å². The SMILES string of the molecule is COc1ccc(Br)cc1/C=C/C(=O)NC(C)C(C)CO. The molecule has 1 rings (SSSR count). The first kappa shape index (κ1) is 16.7. The number of benzene rings is 1. The van der Waals surface area contributed by atoms with Crippen LogP contribution in [0, 0.1) is 5.92 Å². The third kappa shape index (κ3) is 4.98. The van der Waals surface area contributed by atoms with E-state index in [9.17, 15) is 4.79 Å². The molecule has 0 heterocycles. The van der Waals surface area contributed by atoms with Crippen LogP contribution in [0.2, 0.25) is 0 Å². The highest BCUT2D eigenvalue weighted by atomic mass is 79.9. The van der Waals surface area contributed by atoms with E-state index in [2.05, 4.69) is 21.2 Å². The van der Waals surface area contributed by atoms with E-state index in [-0.39, 0.29) is 24.5 Å². The van der Waals surface area contributed by atoms with Gasteiger partial charge in [0, 0.05) is 28.8 Å². The molecular weight excluding hydrogens is 322 g/mol. The van der Waals surface area contributed by atoms with Gasteiger partial charge in [-0.15, -0.1) is 0 Å². The van der Waals surface area contributed by atoms with Gasteiger partial charge in [-0.2, -0.15) is 0 Å². The van der Waals surface area contributed by atoms with Gasteiger partial charge in [0.1, 0.15) is 5.75 Å². The number of nitrogens with one attached hydrogen (secondary N) is 1. The summed E-state index contributed by atoms with van der Waals surface area (Å²) in [5.74, 6) is 0.529. The highest BCUT2D eigenvalue weighted by Crippen LogP contribution is 2.24. The van der Waals surface area contributed by atoms with Crippen LogP contribution in [0.3, 0.4) is 0 Å². The lowest BCUT2D eigenvalue weighted by atomic mass is 10.1. The Kier molecular flexibility index (Phi) is 6.75. The Labute approximate surface area is 128 Å². The van der Waals surface area contributed by atoms with Crippen LogP contribution in [0.15, 0.2) is 28.7 Å². The first-order valence-electron chi connectivity index (χ1n) is 6.41. The van der Waals surface area contributed by atoms with E-state index in [1.165, 1.54) is 6.08 Å². The second kappa shape index (κ2) is 8.07. The Morgan fingerprint density at radius 1 is 1.50 bits per heavy atom. The van der Waals surface area contributed by atoms with Crippen LogP contribution in [-0.2, 0) is 4.79 Å². The van der Waals surface area contributed by atoms with Gasteiger partial charge in [0.15, 0.2) is 0 Å². The molecule has 110 valence electrons. The summed E-state index contributed by atoms with van der Waals surface area (Å²) in [5.41, 5.74) is 0.819. The zero-order valence-electron chi connectivity index (χ0n) is 11.9. The van der Waals surface area contributed by atoms with Gasteiger partial charge in [-0.25, -0.2) is 0 Å². The molecule has 0 aliphatic heterocycles. The molecule has 2 unspecified atom stereocenters. The monoisotopic (exact) mass is 341 g/mol. The van der Waals surface area contributed by atoms with E-state index in [1.54, 1.807) is 13.2 Å². The maximum absolute atomic E-state index is 11.8. The average molecular weight is 342 g/mol. The number of ether oxygens (including phenoxy) is 1. The molecule has 4 nitrogen and oxygen atoms in total. The molecule has 5 heteroatoms. The number of amides is 1. The molecule has 0 saturated heterocycles. The summed E-state index contributed by atoms with van der Waals surface area (Å²) < 4.78 is 6.15. The molecule has 0 fully saturated rings. The van der Waals surface area contributed by atoms with E-state index in [1.807, 2.05) is 32.0 Å². The zero-order valence-corrected chi connectivity index (χ0v) is 13.5. The molecule has 1 aromatic rings. The standard InChI is InChI=1S/C15H20BrNO3/c1-10(9-18)11(2)17-15(19)7-4-12-8-13(16)5-6-14(12)20-3/h4-8,10-11,18H,9H2,1-3H3,(H,17,19)/b7-4+. The van der Waals surface area contributed by atoms with Crippen molar-refractivity contribution in [2.24, 2.45) is 5.92 Å². The highest BCUT2D eigenvalue weighted by Gasteiger charge is 2.12. The van der Waals surface area contributed by atoms with Crippen LogP contribution in [0.5, 0.6) is 5.75 Å². The fourth-order valence-electron chi connectivity index (χ4n) is 1.57. The molecule has 0 aliphatic rings. The number of rotatable bonds is 6. The summed E-state index contributed by atoms with van der Waals surface area (Å²) in [5, 5.41) is 11.8. The fraction of sp³-hybridized carbons (Fsp3) is 0.400. The second-order valence-electron chi connectivity index (χ2n) is 4.68. The van der Waals surface area contributed by atoms with Gasteiger partial charge in [0.25, 0.3) is 0 Å². The molecule has 0 radical (unpaired) electrons. The maximum atomic E-state index is 11.8. The Hall–Kier alpha value is -1.33. The predicted molar refractivity (Wildman–Crippen MR) is 83.6 cm³/mol. The maximum Gasteiger partial charge on any atom is 0.244 e. The van der Waals surface area contributed by atoms with Gasteiger partial charge in [-0.3, -0.25) is 4.79 Å². The van der Waals surface area contributed by atoms with Crippen LogP contribution < -0.4 is 10.1 Å². The van der Waals surface area contributed by atoms with E-state index >= 15 is 0 Å². The molecule has 1 amide bonds. The summed E-state index contributed by atoms with van der Waals surface area (Å²) in [6, 6.07) is 5.50. The number of halogens is 1. The molecule has 20 heavy (non-hydrogen) atoms. The van der Waals surface area contributed by atoms with Crippen molar-refractivity contribution in [2.75, 3.05) is 13.7 Å². The molecule has 0 spiro atoms. The van der Waals surface area contributed by atoms with E-state index in [0.717, 1.165) is 10.0 Å². The van der Waals surface area contributed by atoms with E-state index in [0.29, 0.717) is 5.75 Å². The number of hydrogen-bond acceptors (Lipinski definition) is 3. The fourth-order valence-corrected chi connectivity index (χ4v) is 1.95. The summed E-state index contributed by atoms with van der Waals surface area (Å²) in [6.07, 6.45) is 3.17. The quantitative estimate of drug-likeness (QED) is 0.782. The first-order chi connectivity index (χ1) is 9.47. The lowest BCUT2D eigenvalue weighted by Gasteiger charge is -2.18. The van der Waals surface area contributed by atoms with Crippen molar-refractivity contribution >= 4 is 27.9 Å². The van der Waals surface area contributed by atoms with Crippen molar-refractivity contribution in [1.82, 2.24) is 5.32 Å². The van der Waals surface area contributed by atoms with Crippen molar-refractivity contribution in [3.63, 3.8) is 0 Å². The lowest BCUT2D eigenvalue weighted by molar-refractivity contribution is -0.117. The summed E-state index contributed by atoms with van der Waals surface area (Å²) in [7, 11) is 1.59. The summed E-state index contributed by atoms with van der Waals surface area (Å²) in [6.45, 7) is 3.79. The Balaban J connectivity index is 2.72. The minimum atomic E-state index is -0.195. The van der Waals surface area contributed by atoms with Crippen LogP contribution in [0.1, 0.15) is 19.4 Å². The first-order valence-corrected chi connectivity index (χ1v) is 7.20. The Morgan fingerprint density at radius 3 is 2.80 bits per heavy atom. The number of hydrogen-bond donors (Lipinski definition) is 2. The second-order valence-corrected chi connectivity index (χ2v) is 5.59. The predicted octanol–water partition coefficient (Wildman–Crippen LogP) is 2.60. The Bertz CT molecular complexity index is 488. The lowest BCUT2D eigenvalue weighted by Crippen LogP contribution is -2.37. The van der Waals surface area contributed by atoms with Crippen molar-refractivity contribution in [3.05, 3.63) is 34.3 Å². The number of aliphatic hydroxyl groups excluding tert-OH is 1. The Morgan fingerprint density at radius 2 is 2.20 bits per heavy atom. The summed E-state index contributed by atoms with van der Waals surface area (Å²) >= 11 is 3.38. The van der Waals surface area contributed by atoms with Crippen molar-refractivity contribution in [1.29, 1.82) is 0 Å². The minimum Gasteiger partial charge on any atom is -0.496 e. The molecule has 0 bridgehead atoms. The van der Waals surface area contributed by atoms with Crippen molar-refractivity contribution in [2.45, 2.75) is 19.9 Å².